The molecular formula is C14H20N2O. The predicted molar refractivity (Wildman–Crippen MR) is 64.6 cm³/mol. The second kappa shape index (κ2) is 5.32. The first-order valence-electron chi connectivity index (χ1n) is 6.23. The normalized spacial score (nSPS) is 25.1. The lowest BCUT2D eigenvalue weighted by molar-refractivity contribution is -0.125. The van der Waals surface area contributed by atoms with Gasteiger partial charge in [0.15, 0.2) is 11.7 Å². The maximum absolute atomic E-state index is 11.9. The fourth-order valence-electron chi connectivity index (χ4n) is 2.64. The van der Waals surface area contributed by atoms with Gasteiger partial charge in [-0.25, -0.2) is 0 Å². The third-order valence-corrected chi connectivity index (χ3v) is 3.90. The first-order chi connectivity index (χ1) is 7.90. The van der Waals surface area contributed by atoms with E-state index in [0.29, 0.717) is 5.92 Å². The van der Waals surface area contributed by atoms with Gasteiger partial charge in [0, 0.05) is 5.92 Å². The van der Waals surface area contributed by atoms with Gasteiger partial charge in [0.25, 0.3) is 0 Å². The summed E-state index contributed by atoms with van der Waals surface area (Å²) in [6, 6.07) is 3.56. The summed E-state index contributed by atoms with van der Waals surface area (Å²) in [6.45, 7) is 6.69. The minimum absolute atomic E-state index is 0.0714. The van der Waals surface area contributed by atoms with Gasteiger partial charge >= 0.3 is 0 Å². The van der Waals surface area contributed by atoms with Crippen LogP contribution in [0.25, 0.3) is 0 Å². The Morgan fingerprint density at radius 3 is 1.94 bits per heavy atom. The highest BCUT2D eigenvalue weighted by Crippen LogP contribution is 2.40. The molecule has 0 radical (unpaired) electrons. The number of nitriles is 2. The smallest absolute Gasteiger partial charge is 0.191 e. The van der Waals surface area contributed by atoms with Crippen LogP contribution in [0.5, 0.6) is 0 Å². The molecule has 0 saturated heterocycles. The minimum Gasteiger partial charge on any atom is -0.297 e. The van der Waals surface area contributed by atoms with Crippen molar-refractivity contribution in [3.63, 3.8) is 0 Å². The number of hydrogen-bond acceptors (Lipinski definition) is 3. The zero-order valence-corrected chi connectivity index (χ0v) is 10.9. The lowest BCUT2D eigenvalue weighted by atomic mass is 9.68. The van der Waals surface area contributed by atoms with Gasteiger partial charge in [0.1, 0.15) is 0 Å². The van der Waals surface area contributed by atoms with Crippen molar-refractivity contribution >= 4 is 5.78 Å². The molecule has 17 heavy (non-hydrogen) atoms. The van der Waals surface area contributed by atoms with Crippen LogP contribution in [-0.2, 0) is 4.79 Å². The largest absolute Gasteiger partial charge is 0.297 e. The Morgan fingerprint density at radius 1 is 1.12 bits per heavy atom. The fourth-order valence-corrected chi connectivity index (χ4v) is 2.64. The topological polar surface area (TPSA) is 64.7 Å². The Labute approximate surface area is 103 Å². The van der Waals surface area contributed by atoms with Gasteiger partial charge in [0.2, 0.25) is 0 Å². The van der Waals surface area contributed by atoms with Crippen molar-refractivity contribution in [2.24, 2.45) is 23.2 Å². The lowest BCUT2D eigenvalue weighted by Gasteiger charge is -2.36. The van der Waals surface area contributed by atoms with E-state index in [1.807, 2.05) is 0 Å². The van der Waals surface area contributed by atoms with Crippen LogP contribution in [0.1, 0.15) is 46.5 Å². The van der Waals surface area contributed by atoms with Crippen LogP contribution in [-0.4, -0.2) is 5.78 Å². The predicted octanol–water partition coefficient (Wildman–Crippen LogP) is 3.07. The van der Waals surface area contributed by atoms with Crippen LogP contribution in [0.4, 0.5) is 0 Å². The van der Waals surface area contributed by atoms with E-state index in [2.05, 4.69) is 20.8 Å². The summed E-state index contributed by atoms with van der Waals surface area (Å²) in [7, 11) is 0. The first-order valence-corrected chi connectivity index (χ1v) is 6.23. The molecule has 1 aliphatic carbocycles. The molecule has 3 nitrogen and oxygen atoms in total. The van der Waals surface area contributed by atoms with E-state index in [1.54, 1.807) is 12.1 Å². The molecule has 0 aromatic carbocycles. The molecule has 0 N–H and O–H groups in total. The summed E-state index contributed by atoms with van der Waals surface area (Å²) in [5, 5.41) is 17.4. The molecule has 0 aromatic heterocycles. The van der Waals surface area contributed by atoms with Gasteiger partial charge in [-0.2, -0.15) is 10.5 Å². The number of nitrogens with zero attached hydrogens (tertiary/aromatic N) is 2. The van der Waals surface area contributed by atoms with Crippen LogP contribution >= 0.6 is 0 Å². The molecule has 0 spiro atoms. The summed E-state index contributed by atoms with van der Waals surface area (Å²) in [5.74, 6) is -0.652. The minimum atomic E-state index is -1.06. The summed E-state index contributed by atoms with van der Waals surface area (Å²) < 4.78 is 0. The summed E-state index contributed by atoms with van der Waals surface area (Å²) >= 11 is 0. The first kappa shape index (κ1) is 13.7. The zero-order chi connectivity index (χ0) is 13.1. The molecule has 1 aliphatic rings. The number of rotatable bonds is 2. The number of carbonyl (C=O) groups is 1. The number of carbonyl (C=O) groups excluding carboxylic acids is 1. The Bertz CT molecular complexity index is 345. The van der Waals surface area contributed by atoms with Crippen molar-refractivity contribution in [2.45, 2.75) is 46.5 Å². The molecule has 1 saturated carbocycles. The van der Waals surface area contributed by atoms with Crippen molar-refractivity contribution in [1.29, 1.82) is 10.5 Å². The maximum atomic E-state index is 11.9. The van der Waals surface area contributed by atoms with Gasteiger partial charge in [0.05, 0.1) is 12.1 Å². The van der Waals surface area contributed by atoms with Crippen LogP contribution < -0.4 is 0 Å². The van der Waals surface area contributed by atoms with Gasteiger partial charge in [-0.05, 0) is 37.0 Å². The second-order valence-electron chi connectivity index (χ2n) is 6.01. The molecule has 0 heterocycles. The third-order valence-electron chi connectivity index (χ3n) is 3.90. The Kier molecular flexibility index (Phi) is 4.29. The van der Waals surface area contributed by atoms with Gasteiger partial charge in [-0.3, -0.25) is 4.79 Å². The van der Waals surface area contributed by atoms with Gasteiger partial charge < -0.3 is 0 Å². The van der Waals surface area contributed by atoms with E-state index in [4.69, 9.17) is 10.5 Å². The Balaban J connectivity index is 2.57. The van der Waals surface area contributed by atoms with E-state index in [9.17, 15) is 4.79 Å². The standard InChI is InChI=1S/C14H20N2O/c1-14(2,3)12-6-4-10(5-7-12)13(17)11(8-15)9-16/h10-12H,4-7H2,1-3H3. The molecule has 1 rings (SSSR count). The number of Topliss-reactive ketones (excluding diaryl/α,β-unsaturated/α-hetero) is 1. The lowest BCUT2D eigenvalue weighted by Crippen LogP contribution is -2.31. The second-order valence-corrected chi connectivity index (χ2v) is 6.01. The molecule has 0 aromatic rings. The van der Waals surface area contributed by atoms with Gasteiger partial charge in [-0.1, -0.05) is 20.8 Å². The molecule has 0 atom stereocenters. The average molecular weight is 232 g/mol. The molecule has 92 valence electrons. The van der Waals surface area contributed by atoms with Crippen molar-refractivity contribution in [3.8, 4) is 12.1 Å². The highest BCUT2D eigenvalue weighted by atomic mass is 16.1. The Morgan fingerprint density at radius 2 is 1.59 bits per heavy atom. The van der Waals surface area contributed by atoms with Crippen molar-refractivity contribution in [1.82, 2.24) is 0 Å². The van der Waals surface area contributed by atoms with E-state index in [1.165, 1.54) is 0 Å². The van der Waals surface area contributed by atoms with Crippen molar-refractivity contribution in [2.75, 3.05) is 0 Å². The Hall–Kier alpha value is -1.35. The van der Waals surface area contributed by atoms with Crippen LogP contribution in [0.2, 0.25) is 0 Å². The van der Waals surface area contributed by atoms with E-state index < -0.39 is 5.92 Å². The fraction of sp³-hybridized carbons (Fsp3) is 0.786. The summed E-state index contributed by atoms with van der Waals surface area (Å²) in [6.07, 6.45) is 3.73. The SMILES string of the molecule is CC(C)(C)C1CCC(C(=O)C(C#N)C#N)CC1. The van der Waals surface area contributed by atoms with E-state index >= 15 is 0 Å². The average Bonchev–Trinajstić information content (AvgIpc) is 2.29. The van der Waals surface area contributed by atoms with Crippen molar-refractivity contribution in [3.05, 3.63) is 0 Å². The molecule has 0 bridgehead atoms. The van der Waals surface area contributed by atoms with Crippen molar-refractivity contribution < 1.29 is 4.79 Å². The number of hydrogen-bond donors (Lipinski definition) is 0. The van der Waals surface area contributed by atoms with E-state index in [-0.39, 0.29) is 17.1 Å². The summed E-state index contributed by atoms with van der Waals surface area (Å²) in [5.41, 5.74) is 0.290. The molecule has 3 heteroatoms. The van der Waals surface area contributed by atoms with Gasteiger partial charge in [-0.15, -0.1) is 0 Å². The number of ketones is 1. The maximum Gasteiger partial charge on any atom is 0.191 e. The third kappa shape index (κ3) is 3.30. The van der Waals surface area contributed by atoms with Crippen LogP contribution in [0.15, 0.2) is 0 Å². The highest BCUT2D eigenvalue weighted by molar-refractivity contribution is 5.87. The molecule has 0 unspecified atom stereocenters. The molecule has 0 aliphatic heterocycles. The summed E-state index contributed by atoms with van der Waals surface area (Å²) in [4.78, 5) is 11.9. The van der Waals surface area contributed by atoms with Crippen LogP contribution in [0, 0.1) is 45.8 Å². The monoisotopic (exact) mass is 232 g/mol. The van der Waals surface area contributed by atoms with E-state index in [0.717, 1.165) is 25.7 Å². The molecule has 0 amide bonds. The molecular weight excluding hydrogens is 212 g/mol. The quantitative estimate of drug-likeness (QED) is 0.735. The highest BCUT2D eigenvalue weighted by Gasteiger charge is 2.34. The van der Waals surface area contributed by atoms with Crippen LogP contribution in [0.3, 0.4) is 0 Å². The zero-order valence-electron chi connectivity index (χ0n) is 10.9. The molecule has 1 fully saturated rings.